The van der Waals surface area contributed by atoms with Gasteiger partial charge in [0, 0.05) is 36.8 Å². The first-order valence-corrected chi connectivity index (χ1v) is 11.9. The highest BCUT2D eigenvalue weighted by molar-refractivity contribution is 7.99. The van der Waals surface area contributed by atoms with Crippen molar-refractivity contribution in [1.29, 1.82) is 0 Å². The van der Waals surface area contributed by atoms with Crippen LogP contribution in [0.3, 0.4) is 0 Å². The molecule has 0 spiro atoms. The van der Waals surface area contributed by atoms with Crippen LogP contribution in [0.2, 0.25) is 0 Å². The molecule has 2 aromatic rings. The van der Waals surface area contributed by atoms with Gasteiger partial charge in [-0.3, -0.25) is 19.8 Å². The monoisotopic (exact) mass is 468 g/mol. The van der Waals surface area contributed by atoms with Crippen molar-refractivity contribution in [2.45, 2.75) is 30.4 Å². The molecule has 0 bridgehead atoms. The molecule has 0 radical (unpaired) electrons. The van der Waals surface area contributed by atoms with E-state index >= 15 is 0 Å². The first kappa shape index (κ1) is 23.3. The lowest BCUT2D eigenvalue weighted by atomic mass is 10.1. The van der Waals surface area contributed by atoms with Gasteiger partial charge in [-0.25, -0.2) is 4.79 Å². The summed E-state index contributed by atoms with van der Waals surface area (Å²) in [6, 6.07) is 14.9. The van der Waals surface area contributed by atoms with Crippen LogP contribution in [0.5, 0.6) is 0 Å². The van der Waals surface area contributed by atoms with Crippen molar-refractivity contribution in [3.63, 3.8) is 0 Å². The number of nitrogens with one attached hydrogen (secondary N) is 3. The maximum atomic E-state index is 13.0. The van der Waals surface area contributed by atoms with Crippen LogP contribution < -0.4 is 16.0 Å². The standard InChI is InChI=1S/C24H28N4O4S/c1-24(22(30)26-23(31)27-24)16-33-20-9-5-4-8-19(20)21(29)25-14-17-6-2-3-7-18(17)15-28-10-12-32-13-11-28/h2-9H,10-16H2,1H3,(H,25,29)(H2,26,27,30,31)/t24-/m1/s1. The lowest BCUT2D eigenvalue weighted by molar-refractivity contribution is -0.122. The lowest BCUT2D eigenvalue weighted by Gasteiger charge is -2.27. The average molecular weight is 469 g/mol. The summed E-state index contributed by atoms with van der Waals surface area (Å²) in [6.45, 7) is 6.23. The second kappa shape index (κ2) is 10.4. The number of hydrogen-bond acceptors (Lipinski definition) is 6. The van der Waals surface area contributed by atoms with Gasteiger partial charge in [-0.2, -0.15) is 0 Å². The van der Waals surface area contributed by atoms with Crippen molar-refractivity contribution in [3.8, 4) is 0 Å². The molecule has 2 fully saturated rings. The minimum Gasteiger partial charge on any atom is -0.379 e. The number of thioether (sulfide) groups is 1. The van der Waals surface area contributed by atoms with Crippen LogP contribution in [0, 0.1) is 0 Å². The number of ether oxygens (including phenoxy) is 1. The van der Waals surface area contributed by atoms with Crippen molar-refractivity contribution in [2.75, 3.05) is 32.1 Å². The molecule has 4 amide bonds. The second-order valence-corrected chi connectivity index (χ2v) is 9.38. The van der Waals surface area contributed by atoms with Crippen molar-refractivity contribution >= 4 is 29.6 Å². The molecule has 9 heteroatoms. The maximum Gasteiger partial charge on any atom is 0.322 e. The fourth-order valence-electron chi connectivity index (χ4n) is 3.84. The quantitative estimate of drug-likeness (QED) is 0.406. The number of amides is 4. The lowest BCUT2D eigenvalue weighted by Crippen LogP contribution is -2.46. The fraction of sp³-hybridized carbons (Fsp3) is 0.375. The Bertz CT molecular complexity index is 1040. The Hall–Kier alpha value is -2.88. The Kier molecular flexibility index (Phi) is 7.32. The number of urea groups is 1. The van der Waals surface area contributed by atoms with Gasteiger partial charge in [-0.15, -0.1) is 11.8 Å². The van der Waals surface area contributed by atoms with Gasteiger partial charge >= 0.3 is 6.03 Å². The number of benzene rings is 2. The van der Waals surface area contributed by atoms with E-state index in [9.17, 15) is 14.4 Å². The van der Waals surface area contributed by atoms with E-state index in [0.29, 0.717) is 17.9 Å². The van der Waals surface area contributed by atoms with Crippen LogP contribution in [0.15, 0.2) is 53.4 Å². The number of morpholine rings is 1. The first-order chi connectivity index (χ1) is 15.9. The topological polar surface area (TPSA) is 99.8 Å². The van der Waals surface area contributed by atoms with Crippen LogP contribution in [0.1, 0.15) is 28.4 Å². The normalized spacial score (nSPS) is 20.9. The minimum atomic E-state index is -1.01. The number of nitrogens with zero attached hydrogens (tertiary/aromatic N) is 1. The molecule has 8 nitrogen and oxygen atoms in total. The Labute approximate surface area is 197 Å². The van der Waals surface area contributed by atoms with Gasteiger partial charge in [0.2, 0.25) is 0 Å². The summed E-state index contributed by atoms with van der Waals surface area (Å²) in [7, 11) is 0. The third-order valence-corrected chi connectivity index (χ3v) is 7.21. The van der Waals surface area contributed by atoms with Crippen molar-refractivity contribution in [2.24, 2.45) is 0 Å². The molecule has 0 unspecified atom stereocenters. The minimum absolute atomic E-state index is 0.177. The van der Waals surface area contributed by atoms with Gasteiger partial charge in [0.25, 0.3) is 11.8 Å². The molecule has 1 atom stereocenters. The van der Waals surface area contributed by atoms with E-state index in [0.717, 1.165) is 43.3 Å². The zero-order chi connectivity index (χ0) is 23.3. The summed E-state index contributed by atoms with van der Waals surface area (Å²) in [4.78, 5) is 39.7. The Morgan fingerprint density at radius 1 is 1.09 bits per heavy atom. The van der Waals surface area contributed by atoms with Crippen LogP contribution in [-0.2, 0) is 22.6 Å². The molecular weight excluding hydrogens is 440 g/mol. The van der Waals surface area contributed by atoms with Crippen molar-refractivity contribution in [3.05, 3.63) is 65.2 Å². The summed E-state index contributed by atoms with van der Waals surface area (Å²) in [5.41, 5.74) is 1.81. The van der Waals surface area contributed by atoms with Gasteiger partial charge in [0.1, 0.15) is 5.54 Å². The largest absolute Gasteiger partial charge is 0.379 e. The summed E-state index contributed by atoms with van der Waals surface area (Å²) in [6.07, 6.45) is 0. The predicted molar refractivity (Wildman–Crippen MR) is 126 cm³/mol. The smallest absolute Gasteiger partial charge is 0.322 e. The van der Waals surface area contributed by atoms with Crippen LogP contribution >= 0.6 is 11.8 Å². The Morgan fingerprint density at radius 2 is 1.79 bits per heavy atom. The second-order valence-electron chi connectivity index (χ2n) is 8.37. The summed E-state index contributed by atoms with van der Waals surface area (Å²) < 4.78 is 5.43. The molecule has 3 N–H and O–H groups in total. The van der Waals surface area contributed by atoms with Gasteiger partial charge < -0.3 is 15.4 Å². The molecule has 0 aromatic heterocycles. The van der Waals surface area contributed by atoms with E-state index in [-0.39, 0.29) is 11.8 Å². The zero-order valence-corrected chi connectivity index (χ0v) is 19.4. The average Bonchev–Trinajstić information content (AvgIpc) is 3.09. The Morgan fingerprint density at radius 3 is 2.52 bits per heavy atom. The molecule has 33 heavy (non-hydrogen) atoms. The molecule has 2 heterocycles. The third kappa shape index (κ3) is 5.73. The number of rotatable bonds is 8. The highest BCUT2D eigenvalue weighted by atomic mass is 32.2. The SMILES string of the molecule is C[C@]1(CSc2ccccc2C(=O)NCc2ccccc2CN2CCOCC2)NC(=O)NC1=O. The van der Waals surface area contributed by atoms with Crippen molar-refractivity contribution in [1.82, 2.24) is 20.9 Å². The molecule has 4 rings (SSSR count). The van der Waals surface area contributed by atoms with E-state index < -0.39 is 11.6 Å². The van der Waals surface area contributed by atoms with E-state index in [1.165, 1.54) is 17.3 Å². The van der Waals surface area contributed by atoms with E-state index in [4.69, 9.17) is 4.74 Å². The fourth-order valence-corrected chi connectivity index (χ4v) is 4.98. The van der Waals surface area contributed by atoms with Gasteiger partial charge in [0.05, 0.1) is 18.8 Å². The summed E-state index contributed by atoms with van der Waals surface area (Å²) >= 11 is 1.37. The number of carbonyl (C=O) groups excluding carboxylic acids is 3. The molecule has 0 aliphatic carbocycles. The maximum absolute atomic E-state index is 13.0. The highest BCUT2D eigenvalue weighted by Crippen LogP contribution is 2.27. The molecule has 0 saturated carbocycles. The number of hydrogen-bond donors (Lipinski definition) is 3. The Balaban J connectivity index is 1.40. The van der Waals surface area contributed by atoms with E-state index in [1.54, 1.807) is 13.0 Å². The van der Waals surface area contributed by atoms with Gasteiger partial charge in [-0.1, -0.05) is 36.4 Å². The molecule has 2 aliphatic rings. The summed E-state index contributed by atoms with van der Waals surface area (Å²) in [5, 5.41) is 7.96. The van der Waals surface area contributed by atoms with E-state index in [1.807, 2.05) is 36.4 Å². The highest BCUT2D eigenvalue weighted by Gasteiger charge is 2.41. The number of imide groups is 1. The van der Waals surface area contributed by atoms with Crippen LogP contribution in [-0.4, -0.2) is 60.3 Å². The zero-order valence-electron chi connectivity index (χ0n) is 18.6. The molecule has 174 valence electrons. The van der Waals surface area contributed by atoms with Crippen LogP contribution in [0.25, 0.3) is 0 Å². The van der Waals surface area contributed by atoms with Crippen LogP contribution in [0.4, 0.5) is 4.79 Å². The van der Waals surface area contributed by atoms with Crippen molar-refractivity contribution < 1.29 is 19.1 Å². The third-order valence-electron chi connectivity index (χ3n) is 5.82. The number of carbonyl (C=O) groups is 3. The summed E-state index contributed by atoms with van der Waals surface area (Å²) in [5.74, 6) is -0.222. The van der Waals surface area contributed by atoms with Gasteiger partial charge in [-0.05, 0) is 30.2 Å². The predicted octanol–water partition coefficient (Wildman–Crippen LogP) is 2.14. The van der Waals surface area contributed by atoms with Gasteiger partial charge in [0.15, 0.2) is 0 Å². The van der Waals surface area contributed by atoms with E-state index in [2.05, 4.69) is 26.9 Å². The molecular formula is C24H28N4O4S. The molecule has 2 aromatic carbocycles. The first-order valence-electron chi connectivity index (χ1n) is 11.0. The molecule has 2 saturated heterocycles. The molecule has 2 aliphatic heterocycles.